The number of hydrogen-bond donors (Lipinski definition) is 1. The monoisotopic (exact) mass is 198 g/mol. The molecule has 0 aromatic heterocycles. The Labute approximate surface area is 83.0 Å². The van der Waals surface area contributed by atoms with Crippen molar-refractivity contribution >= 4 is 11.9 Å². The van der Waals surface area contributed by atoms with E-state index in [1.165, 1.54) is 14.0 Å². The summed E-state index contributed by atoms with van der Waals surface area (Å²) in [5.74, 6) is -1.14. The predicted octanol–water partition coefficient (Wildman–Crippen LogP) is 0.214. The highest BCUT2D eigenvalue weighted by Gasteiger charge is 2.22. The Morgan fingerprint density at radius 3 is 2.50 bits per heavy atom. The maximum atomic E-state index is 11.2. The number of nitrogens with zero attached hydrogens (tertiary/aromatic N) is 1. The molecule has 0 heterocycles. The van der Waals surface area contributed by atoms with E-state index in [2.05, 4.69) is 10.1 Å². The van der Waals surface area contributed by atoms with Crippen LogP contribution in [0.25, 0.3) is 0 Å². The molecule has 0 saturated carbocycles. The van der Waals surface area contributed by atoms with Gasteiger partial charge in [-0.15, -0.1) is 0 Å². The molecule has 0 unspecified atom stereocenters. The highest BCUT2D eigenvalue weighted by Crippen LogP contribution is 2.05. The molecule has 0 fully saturated rings. The summed E-state index contributed by atoms with van der Waals surface area (Å²) >= 11 is 0. The minimum Gasteiger partial charge on any atom is -0.467 e. The largest absolute Gasteiger partial charge is 0.467 e. The maximum absolute atomic E-state index is 11.2. The van der Waals surface area contributed by atoms with E-state index in [1.54, 1.807) is 6.92 Å². The van der Waals surface area contributed by atoms with Crippen LogP contribution in [0.4, 0.5) is 0 Å². The van der Waals surface area contributed by atoms with E-state index < -0.39 is 12.0 Å². The smallest absolute Gasteiger partial charge is 0.328 e. The molecule has 1 N–H and O–H groups in total. The minimum atomic E-state index is -0.729. The van der Waals surface area contributed by atoms with E-state index in [0.29, 0.717) is 0 Å². The second-order valence-electron chi connectivity index (χ2n) is 3.04. The predicted molar refractivity (Wildman–Crippen MR) is 49.0 cm³/mol. The Morgan fingerprint density at radius 2 is 2.14 bits per heavy atom. The molecular formula is C9H14N2O3. The first-order chi connectivity index (χ1) is 6.51. The Hall–Kier alpha value is -1.57. The van der Waals surface area contributed by atoms with Crippen molar-refractivity contribution in [3.05, 3.63) is 0 Å². The number of nitrogens with one attached hydrogen (secondary N) is 1. The summed E-state index contributed by atoms with van der Waals surface area (Å²) in [6.07, 6.45) is 0.267. The average molecular weight is 198 g/mol. The van der Waals surface area contributed by atoms with E-state index in [1.807, 2.05) is 6.07 Å². The number of esters is 1. The lowest BCUT2D eigenvalue weighted by Crippen LogP contribution is -2.41. The molecule has 0 spiro atoms. The molecule has 0 rings (SSSR count). The van der Waals surface area contributed by atoms with Crippen molar-refractivity contribution in [1.82, 2.24) is 5.32 Å². The van der Waals surface area contributed by atoms with Crippen LogP contribution in [0.15, 0.2) is 0 Å². The third-order valence-corrected chi connectivity index (χ3v) is 1.67. The van der Waals surface area contributed by atoms with E-state index in [0.717, 1.165) is 0 Å². The molecule has 0 saturated heterocycles. The summed E-state index contributed by atoms with van der Waals surface area (Å²) in [5, 5.41) is 11.0. The first-order valence-electron chi connectivity index (χ1n) is 4.25. The first-order valence-corrected chi connectivity index (χ1v) is 4.25. The van der Waals surface area contributed by atoms with Crippen molar-refractivity contribution in [3.63, 3.8) is 0 Å². The van der Waals surface area contributed by atoms with Gasteiger partial charge < -0.3 is 10.1 Å². The zero-order valence-corrected chi connectivity index (χ0v) is 8.53. The molecule has 0 aliphatic carbocycles. The molecule has 0 aliphatic rings. The maximum Gasteiger partial charge on any atom is 0.328 e. The summed E-state index contributed by atoms with van der Waals surface area (Å²) in [6.45, 7) is 2.99. The fraction of sp³-hybridized carbons (Fsp3) is 0.667. The third-order valence-electron chi connectivity index (χ3n) is 1.67. The van der Waals surface area contributed by atoms with E-state index in [-0.39, 0.29) is 18.2 Å². The highest BCUT2D eigenvalue weighted by molar-refractivity contribution is 5.83. The highest BCUT2D eigenvalue weighted by atomic mass is 16.5. The Balaban J connectivity index is 4.33. The molecule has 0 aliphatic heterocycles. The summed E-state index contributed by atoms with van der Waals surface area (Å²) in [7, 11) is 1.24. The second kappa shape index (κ2) is 5.97. The van der Waals surface area contributed by atoms with Gasteiger partial charge >= 0.3 is 5.97 Å². The quantitative estimate of drug-likeness (QED) is 0.655. The number of rotatable bonds is 4. The van der Waals surface area contributed by atoms with Gasteiger partial charge in [0.05, 0.1) is 13.2 Å². The number of carbonyl (C=O) groups is 2. The van der Waals surface area contributed by atoms with Crippen molar-refractivity contribution in [3.8, 4) is 6.07 Å². The summed E-state index contributed by atoms with van der Waals surface area (Å²) in [6, 6.07) is 1.26. The van der Waals surface area contributed by atoms with Crippen molar-refractivity contribution < 1.29 is 14.3 Å². The van der Waals surface area contributed by atoms with Crippen LogP contribution in [-0.2, 0) is 14.3 Å². The van der Waals surface area contributed by atoms with Crippen LogP contribution in [0, 0.1) is 17.2 Å². The third kappa shape index (κ3) is 4.45. The number of amides is 1. The van der Waals surface area contributed by atoms with Gasteiger partial charge in [0, 0.05) is 12.8 Å². The van der Waals surface area contributed by atoms with E-state index >= 15 is 0 Å². The Morgan fingerprint density at radius 1 is 1.57 bits per heavy atom. The average Bonchev–Trinajstić information content (AvgIpc) is 2.14. The number of hydrogen-bond acceptors (Lipinski definition) is 4. The van der Waals surface area contributed by atoms with Gasteiger partial charge in [-0.2, -0.15) is 5.26 Å². The van der Waals surface area contributed by atoms with Crippen LogP contribution in [0.1, 0.15) is 20.3 Å². The van der Waals surface area contributed by atoms with Gasteiger partial charge in [0.15, 0.2) is 0 Å². The molecular weight excluding hydrogens is 184 g/mol. The lowest BCUT2D eigenvalue weighted by atomic mass is 10.0. The zero-order chi connectivity index (χ0) is 11.1. The molecule has 0 aromatic carbocycles. The Kier molecular flexibility index (Phi) is 5.30. The summed E-state index contributed by atoms with van der Waals surface area (Å²) < 4.78 is 4.50. The van der Waals surface area contributed by atoms with Crippen molar-refractivity contribution in [1.29, 1.82) is 5.26 Å². The number of nitriles is 1. The van der Waals surface area contributed by atoms with Gasteiger partial charge in [-0.3, -0.25) is 4.79 Å². The van der Waals surface area contributed by atoms with Gasteiger partial charge in [-0.25, -0.2) is 4.79 Å². The normalized spacial score (nSPS) is 13.6. The van der Waals surface area contributed by atoms with Crippen LogP contribution in [0.5, 0.6) is 0 Å². The standard InChI is InChI=1S/C9H14N2O3/c1-6(5-10)4-8(9(13)14-3)11-7(2)12/h6,8H,4H2,1-3H3,(H,11,12)/t6-,8-/m1/s1. The van der Waals surface area contributed by atoms with E-state index in [9.17, 15) is 9.59 Å². The molecule has 1 amide bonds. The fourth-order valence-electron chi connectivity index (χ4n) is 1.01. The number of carbonyl (C=O) groups excluding carboxylic acids is 2. The van der Waals surface area contributed by atoms with Crippen LogP contribution >= 0.6 is 0 Å². The van der Waals surface area contributed by atoms with Gasteiger partial charge in [0.1, 0.15) is 6.04 Å². The number of methoxy groups -OCH3 is 1. The first kappa shape index (κ1) is 12.4. The summed E-state index contributed by atoms with van der Waals surface area (Å²) in [5.41, 5.74) is 0. The molecule has 5 nitrogen and oxygen atoms in total. The van der Waals surface area contributed by atoms with Gasteiger partial charge in [-0.05, 0) is 13.3 Å². The van der Waals surface area contributed by atoms with Crippen LogP contribution in [0.2, 0.25) is 0 Å². The Bertz CT molecular complexity index is 257. The molecule has 0 bridgehead atoms. The number of ether oxygens (including phenoxy) is 1. The molecule has 0 radical (unpaired) electrons. The molecule has 78 valence electrons. The van der Waals surface area contributed by atoms with Crippen molar-refractivity contribution in [2.24, 2.45) is 5.92 Å². The lowest BCUT2D eigenvalue weighted by Gasteiger charge is -2.15. The summed E-state index contributed by atoms with van der Waals surface area (Å²) in [4.78, 5) is 21.9. The fourth-order valence-corrected chi connectivity index (χ4v) is 1.01. The van der Waals surface area contributed by atoms with Gasteiger partial charge in [0.2, 0.25) is 5.91 Å². The van der Waals surface area contributed by atoms with Crippen LogP contribution in [0.3, 0.4) is 0 Å². The van der Waals surface area contributed by atoms with Crippen molar-refractivity contribution in [2.45, 2.75) is 26.3 Å². The second-order valence-corrected chi connectivity index (χ2v) is 3.04. The molecule has 14 heavy (non-hydrogen) atoms. The van der Waals surface area contributed by atoms with Gasteiger partial charge in [-0.1, -0.05) is 0 Å². The van der Waals surface area contributed by atoms with E-state index in [4.69, 9.17) is 5.26 Å². The topological polar surface area (TPSA) is 79.2 Å². The molecule has 0 aromatic rings. The zero-order valence-electron chi connectivity index (χ0n) is 8.53. The molecule has 2 atom stereocenters. The molecule has 5 heteroatoms. The van der Waals surface area contributed by atoms with Crippen molar-refractivity contribution in [2.75, 3.05) is 7.11 Å². The lowest BCUT2D eigenvalue weighted by molar-refractivity contribution is -0.145. The SMILES string of the molecule is COC(=O)[C@@H](C[C@@H](C)C#N)NC(C)=O. The van der Waals surface area contributed by atoms with Crippen LogP contribution in [-0.4, -0.2) is 25.0 Å². The van der Waals surface area contributed by atoms with Gasteiger partial charge in [0.25, 0.3) is 0 Å². The minimum absolute atomic E-state index is 0.267. The van der Waals surface area contributed by atoms with Crippen LogP contribution < -0.4 is 5.32 Å².